The molecule has 2 heterocycles. The third kappa shape index (κ3) is 2.23. The number of nitrogens with one attached hydrogen (secondary N) is 2. The van der Waals surface area contributed by atoms with Gasteiger partial charge in [0.2, 0.25) is 0 Å². The van der Waals surface area contributed by atoms with Crippen molar-refractivity contribution in [3.8, 4) is 11.1 Å². The Morgan fingerprint density at radius 2 is 1.34 bits per heavy atom. The maximum Gasteiger partial charge on any atom is 0.0569 e. The van der Waals surface area contributed by atoms with Crippen molar-refractivity contribution in [1.29, 1.82) is 0 Å². The minimum atomic E-state index is 1.18. The van der Waals surface area contributed by atoms with Gasteiger partial charge in [0, 0.05) is 38.1 Å². The molecule has 0 aliphatic rings. The molecule has 0 spiro atoms. The molecule has 29 heavy (non-hydrogen) atoms. The SMILES string of the molecule is Cc1cccc(-c2c(C)c3c4cc(C)ccc4[nH]c3c3c2[nH]c2ccccc23)c1. The first kappa shape index (κ1) is 16.4. The Kier molecular flexibility index (Phi) is 3.25. The summed E-state index contributed by atoms with van der Waals surface area (Å²) in [5.41, 5.74) is 11.3. The first-order valence-corrected chi connectivity index (χ1v) is 10.1. The van der Waals surface area contributed by atoms with Gasteiger partial charge >= 0.3 is 0 Å². The Morgan fingerprint density at radius 3 is 2.21 bits per heavy atom. The van der Waals surface area contributed by atoms with Gasteiger partial charge in [0.15, 0.2) is 0 Å². The summed E-state index contributed by atoms with van der Waals surface area (Å²) in [6.07, 6.45) is 0. The molecule has 140 valence electrons. The topological polar surface area (TPSA) is 31.6 Å². The summed E-state index contributed by atoms with van der Waals surface area (Å²) < 4.78 is 0. The Morgan fingerprint density at radius 1 is 0.586 bits per heavy atom. The number of aromatic nitrogens is 2. The van der Waals surface area contributed by atoms with Crippen LogP contribution >= 0.6 is 0 Å². The largest absolute Gasteiger partial charge is 0.354 e. The second-order valence-electron chi connectivity index (χ2n) is 8.21. The average Bonchev–Trinajstić information content (AvgIpc) is 3.26. The average molecular weight is 374 g/mol. The predicted octanol–water partition coefficient (Wildman–Crippen LogP) is 7.55. The Hall–Kier alpha value is -3.52. The fourth-order valence-electron chi connectivity index (χ4n) is 4.95. The number of fused-ring (bicyclic) bond motifs is 7. The minimum absolute atomic E-state index is 1.18. The van der Waals surface area contributed by atoms with Gasteiger partial charge < -0.3 is 9.97 Å². The third-order valence-electron chi connectivity index (χ3n) is 6.22. The molecule has 2 N–H and O–H groups in total. The minimum Gasteiger partial charge on any atom is -0.354 e. The molecule has 6 aromatic rings. The Bertz CT molecular complexity index is 1580. The van der Waals surface area contributed by atoms with Crippen molar-refractivity contribution >= 4 is 43.6 Å². The summed E-state index contributed by atoms with van der Waals surface area (Å²) in [6.45, 7) is 6.59. The summed E-state index contributed by atoms with van der Waals surface area (Å²) in [7, 11) is 0. The number of rotatable bonds is 1. The molecule has 0 aliphatic heterocycles. The zero-order chi connectivity index (χ0) is 19.7. The molecular formula is C27H22N2. The zero-order valence-corrected chi connectivity index (χ0v) is 16.9. The highest BCUT2D eigenvalue weighted by molar-refractivity contribution is 6.28. The lowest BCUT2D eigenvalue weighted by atomic mass is 9.92. The number of H-pyrrole nitrogens is 2. The molecule has 2 heteroatoms. The van der Waals surface area contributed by atoms with Crippen LogP contribution in [0.5, 0.6) is 0 Å². The monoisotopic (exact) mass is 374 g/mol. The van der Waals surface area contributed by atoms with E-state index in [1.54, 1.807) is 0 Å². The van der Waals surface area contributed by atoms with Crippen LogP contribution in [0, 0.1) is 20.8 Å². The number of hydrogen-bond donors (Lipinski definition) is 2. The van der Waals surface area contributed by atoms with Crippen LogP contribution < -0.4 is 0 Å². The van der Waals surface area contributed by atoms with E-state index in [1.165, 1.54) is 71.4 Å². The highest BCUT2D eigenvalue weighted by Crippen LogP contribution is 2.44. The fraction of sp³-hybridized carbons (Fsp3) is 0.111. The van der Waals surface area contributed by atoms with Crippen molar-refractivity contribution in [3.05, 3.63) is 83.4 Å². The smallest absolute Gasteiger partial charge is 0.0569 e. The van der Waals surface area contributed by atoms with Gasteiger partial charge in [0.05, 0.1) is 11.0 Å². The third-order valence-corrected chi connectivity index (χ3v) is 6.22. The van der Waals surface area contributed by atoms with Gasteiger partial charge in [-0.25, -0.2) is 0 Å². The lowest BCUT2D eigenvalue weighted by Gasteiger charge is -2.12. The van der Waals surface area contributed by atoms with Crippen LogP contribution in [0.3, 0.4) is 0 Å². The molecule has 0 saturated heterocycles. The van der Waals surface area contributed by atoms with Gasteiger partial charge in [-0.1, -0.05) is 59.7 Å². The van der Waals surface area contributed by atoms with Crippen LogP contribution in [0.2, 0.25) is 0 Å². The van der Waals surface area contributed by atoms with E-state index in [0.717, 1.165) is 0 Å². The van der Waals surface area contributed by atoms with Crippen molar-refractivity contribution in [2.45, 2.75) is 20.8 Å². The number of aromatic amines is 2. The Labute approximate surface area is 169 Å². The van der Waals surface area contributed by atoms with Crippen LogP contribution in [-0.2, 0) is 0 Å². The number of benzene rings is 4. The van der Waals surface area contributed by atoms with Crippen LogP contribution in [0.15, 0.2) is 66.7 Å². The zero-order valence-electron chi connectivity index (χ0n) is 16.9. The first-order valence-electron chi connectivity index (χ1n) is 10.1. The van der Waals surface area contributed by atoms with Crippen molar-refractivity contribution in [3.63, 3.8) is 0 Å². The quantitative estimate of drug-likeness (QED) is 0.298. The van der Waals surface area contributed by atoms with Gasteiger partial charge in [-0.05, 0) is 50.1 Å². The predicted molar refractivity (Wildman–Crippen MR) is 125 cm³/mol. The van der Waals surface area contributed by atoms with Crippen molar-refractivity contribution in [2.24, 2.45) is 0 Å². The molecule has 0 bridgehead atoms. The van der Waals surface area contributed by atoms with Gasteiger partial charge in [-0.2, -0.15) is 0 Å². The normalized spacial score (nSPS) is 12.0. The van der Waals surface area contributed by atoms with Gasteiger partial charge in [-0.15, -0.1) is 0 Å². The molecule has 0 saturated carbocycles. The number of hydrogen-bond acceptors (Lipinski definition) is 0. The lowest BCUT2D eigenvalue weighted by molar-refractivity contribution is 1.44. The maximum absolute atomic E-state index is 3.74. The van der Waals surface area contributed by atoms with E-state index in [2.05, 4.69) is 97.5 Å². The molecule has 0 aliphatic carbocycles. The maximum atomic E-state index is 3.74. The van der Waals surface area contributed by atoms with E-state index in [-0.39, 0.29) is 0 Å². The van der Waals surface area contributed by atoms with Crippen molar-refractivity contribution in [1.82, 2.24) is 9.97 Å². The number of aryl methyl sites for hydroxylation is 3. The van der Waals surface area contributed by atoms with Crippen molar-refractivity contribution in [2.75, 3.05) is 0 Å². The molecule has 0 unspecified atom stereocenters. The highest BCUT2D eigenvalue weighted by Gasteiger charge is 2.20. The summed E-state index contributed by atoms with van der Waals surface area (Å²) in [5.74, 6) is 0. The number of para-hydroxylation sites is 1. The molecular weight excluding hydrogens is 352 g/mol. The summed E-state index contributed by atoms with van der Waals surface area (Å²) in [5, 5.41) is 5.19. The first-order chi connectivity index (χ1) is 14.1. The van der Waals surface area contributed by atoms with E-state index in [0.29, 0.717) is 0 Å². The van der Waals surface area contributed by atoms with E-state index in [1.807, 2.05) is 0 Å². The summed E-state index contributed by atoms with van der Waals surface area (Å²) in [6, 6.07) is 24.1. The second kappa shape index (κ2) is 5.74. The molecule has 0 amide bonds. The van der Waals surface area contributed by atoms with Gasteiger partial charge in [0.25, 0.3) is 0 Å². The molecule has 2 aromatic heterocycles. The molecule has 0 atom stereocenters. The molecule has 0 fully saturated rings. The fourth-order valence-corrected chi connectivity index (χ4v) is 4.95. The molecule has 2 nitrogen and oxygen atoms in total. The Balaban J connectivity index is 1.94. The van der Waals surface area contributed by atoms with E-state index in [9.17, 15) is 0 Å². The van der Waals surface area contributed by atoms with E-state index in [4.69, 9.17) is 0 Å². The molecule has 4 aromatic carbocycles. The van der Waals surface area contributed by atoms with Crippen LogP contribution in [-0.4, -0.2) is 9.97 Å². The van der Waals surface area contributed by atoms with Crippen LogP contribution in [0.25, 0.3) is 54.7 Å². The second-order valence-corrected chi connectivity index (χ2v) is 8.21. The molecule has 0 radical (unpaired) electrons. The van der Waals surface area contributed by atoms with Crippen LogP contribution in [0.4, 0.5) is 0 Å². The highest BCUT2D eigenvalue weighted by atomic mass is 14.7. The summed E-state index contributed by atoms with van der Waals surface area (Å²) >= 11 is 0. The lowest BCUT2D eigenvalue weighted by Crippen LogP contribution is -1.89. The van der Waals surface area contributed by atoms with Crippen LogP contribution in [0.1, 0.15) is 16.7 Å². The van der Waals surface area contributed by atoms with E-state index < -0.39 is 0 Å². The van der Waals surface area contributed by atoms with Gasteiger partial charge in [0.1, 0.15) is 0 Å². The summed E-state index contributed by atoms with van der Waals surface area (Å²) in [4.78, 5) is 7.47. The standard InChI is InChI=1S/C27H22N2/c1-15-7-6-8-18(13-15)23-17(3)24-20-14-16(2)11-12-22(20)29-27(24)25-19-9-4-5-10-21(19)28-26(23)25/h4-14,28-29H,1-3H3. The molecule has 6 rings (SSSR count). The van der Waals surface area contributed by atoms with E-state index >= 15 is 0 Å². The van der Waals surface area contributed by atoms with Crippen molar-refractivity contribution < 1.29 is 0 Å². The van der Waals surface area contributed by atoms with Gasteiger partial charge in [-0.3, -0.25) is 0 Å².